The predicted octanol–water partition coefficient (Wildman–Crippen LogP) is 6.56. The molecule has 0 aromatic rings. The van der Waals surface area contributed by atoms with Crippen LogP contribution in [0.15, 0.2) is 0 Å². The Morgan fingerprint density at radius 3 is 1.73 bits per heavy atom. The molecule has 1 aliphatic rings. The van der Waals surface area contributed by atoms with Crippen molar-refractivity contribution in [1.82, 2.24) is 0 Å². The first-order valence-corrected chi connectivity index (χ1v) is 10.0. The molecule has 130 valence electrons. The van der Waals surface area contributed by atoms with Gasteiger partial charge in [0.2, 0.25) is 0 Å². The highest BCUT2D eigenvalue weighted by Crippen LogP contribution is 2.17. The number of carbonyl (C=O) groups is 1. The van der Waals surface area contributed by atoms with Crippen LogP contribution in [0.4, 0.5) is 0 Å². The lowest BCUT2D eigenvalue weighted by atomic mass is 10.0. The Hall–Kier alpha value is -0.530. The molecule has 22 heavy (non-hydrogen) atoms. The number of carbonyl (C=O) groups excluding carboxylic acids is 1. The lowest BCUT2D eigenvalue weighted by Gasteiger charge is -2.17. The third-order valence-electron chi connectivity index (χ3n) is 4.82. The smallest absolute Gasteiger partial charge is 0.306 e. The fourth-order valence-corrected chi connectivity index (χ4v) is 3.41. The molecule has 1 fully saturated rings. The van der Waals surface area contributed by atoms with E-state index in [0.717, 1.165) is 25.7 Å². The third-order valence-corrected chi connectivity index (χ3v) is 4.82. The molecule has 0 N–H and O–H groups in total. The summed E-state index contributed by atoms with van der Waals surface area (Å²) in [6.45, 7) is 2.18. The molecule has 0 aromatic carbocycles. The van der Waals surface area contributed by atoms with Crippen molar-refractivity contribution in [1.29, 1.82) is 0 Å². The molecule has 1 atom stereocenters. The van der Waals surface area contributed by atoms with Gasteiger partial charge in [-0.2, -0.15) is 0 Å². The van der Waals surface area contributed by atoms with Crippen molar-refractivity contribution >= 4 is 5.97 Å². The summed E-state index contributed by atoms with van der Waals surface area (Å²) in [5, 5.41) is 0. The van der Waals surface area contributed by atoms with E-state index in [2.05, 4.69) is 6.92 Å². The van der Waals surface area contributed by atoms with E-state index in [9.17, 15) is 4.79 Å². The Morgan fingerprint density at radius 2 is 1.23 bits per heavy atom. The highest BCUT2D eigenvalue weighted by Gasteiger charge is 2.13. The van der Waals surface area contributed by atoms with E-state index in [0.29, 0.717) is 6.42 Å². The van der Waals surface area contributed by atoms with Crippen LogP contribution in [-0.2, 0) is 9.53 Å². The standard InChI is InChI=1S/C20H38O2/c1-2-16-19-17-14-12-10-8-6-4-3-5-7-9-11-13-15-18-20(21)22-19/h19H,2-18H2,1H3. The van der Waals surface area contributed by atoms with Gasteiger partial charge in [-0.1, -0.05) is 84.0 Å². The van der Waals surface area contributed by atoms with Crippen LogP contribution in [0, 0.1) is 0 Å². The van der Waals surface area contributed by atoms with Gasteiger partial charge < -0.3 is 4.74 Å². The van der Waals surface area contributed by atoms with Crippen LogP contribution in [0.5, 0.6) is 0 Å². The zero-order valence-corrected chi connectivity index (χ0v) is 14.9. The van der Waals surface area contributed by atoms with Gasteiger partial charge in [0.25, 0.3) is 0 Å². The highest BCUT2D eigenvalue weighted by atomic mass is 16.5. The number of hydrogen-bond donors (Lipinski definition) is 0. The third kappa shape index (κ3) is 11.1. The van der Waals surface area contributed by atoms with Gasteiger partial charge in [0.05, 0.1) is 0 Å². The molecular weight excluding hydrogens is 272 g/mol. The number of rotatable bonds is 2. The van der Waals surface area contributed by atoms with Crippen LogP contribution in [0.2, 0.25) is 0 Å². The van der Waals surface area contributed by atoms with Gasteiger partial charge in [0.15, 0.2) is 0 Å². The molecule has 1 saturated heterocycles. The molecular formula is C20H38O2. The van der Waals surface area contributed by atoms with E-state index in [1.165, 1.54) is 77.0 Å². The first-order chi connectivity index (χ1) is 10.8. The van der Waals surface area contributed by atoms with Crippen LogP contribution >= 0.6 is 0 Å². The molecule has 2 nitrogen and oxygen atoms in total. The second-order valence-electron chi connectivity index (χ2n) is 7.04. The van der Waals surface area contributed by atoms with Crippen molar-refractivity contribution in [3.05, 3.63) is 0 Å². The average molecular weight is 311 g/mol. The van der Waals surface area contributed by atoms with Crippen LogP contribution < -0.4 is 0 Å². The zero-order valence-electron chi connectivity index (χ0n) is 14.9. The zero-order chi connectivity index (χ0) is 15.9. The normalized spacial score (nSPS) is 25.0. The second-order valence-corrected chi connectivity index (χ2v) is 7.04. The topological polar surface area (TPSA) is 26.3 Å². The summed E-state index contributed by atoms with van der Waals surface area (Å²) in [5.74, 6) is 0.0413. The molecule has 0 spiro atoms. The van der Waals surface area contributed by atoms with Crippen LogP contribution in [0.1, 0.15) is 116 Å². The first-order valence-electron chi connectivity index (χ1n) is 10.0. The number of esters is 1. The Bertz CT molecular complexity index is 262. The van der Waals surface area contributed by atoms with Crippen molar-refractivity contribution in [2.45, 2.75) is 122 Å². The Balaban J connectivity index is 2.30. The monoisotopic (exact) mass is 310 g/mol. The van der Waals surface area contributed by atoms with Crippen LogP contribution in [0.3, 0.4) is 0 Å². The van der Waals surface area contributed by atoms with E-state index in [1.54, 1.807) is 0 Å². The molecule has 0 saturated carbocycles. The van der Waals surface area contributed by atoms with Crippen molar-refractivity contribution in [2.75, 3.05) is 0 Å². The van der Waals surface area contributed by atoms with E-state index in [-0.39, 0.29) is 12.1 Å². The molecule has 0 radical (unpaired) electrons. The Morgan fingerprint density at radius 1 is 0.773 bits per heavy atom. The van der Waals surface area contributed by atoms with Crippen molar-refractivity contribution in [3.63, 3.8) is 0 Å². The van der Waals surface area contributed by atoms with Gasteiger partial charge in [0, 0.05) is 6.42 Å². The van der Waals surface area contributed by atoms with Crippen molar-refractivity contribution in [3.8, 4) is 0 Å². The van der Waals surface area contributed by atoms with Gasteiger partial charge in [-0.15, -0.1) is 0 Å². The summed E-state index contributed by atoms with van der Waals surface area (Å²) in [4.78, 5) is 11.9. The average Bonchev–Trinajstić information content (AvgIpc) is 2.50. The van der Waals surface area contributed by atoms with E-state index in [1.807, 2.05) is 0 Å². The predicted molar refractivity (Wildman–Crippen MR) is 94.0 cm³/mol. The molecule has 1 aliphatic heterocycles. The minimum absolute atomic E-state index is 0.0413. The summed E-state index contributed by atoms with van der Waals surface area (Å²) in [6.07, 6.45) is 21.1. The minimum atomic E-state index is 0.0413. The molecule has 1 rings (SSSR count). The van der Waals surface area contributed by atoms with E-state index in [4.69, 9.17) is 4.74 Å². The quantitative estimate of drug-likeness (QED) is 0.540. The Kier molecular flexibility index (Phi) is 12.5. The molecule has 0 aliphatic carbocycles. The summed E-state index contributed by atoms with van der Waals surface area (Å²) in [5.41, 5.74) is 0. The van der Waals surface area contributed by atoms with E-state index >= 15 is 0 Å². The van der Waals surface area contributed by atoms with Crippen LogP contribution in [0.25, 0.3) is 0 Å². The summed E-state index contributed by atoms with van der Waals surface area (Å²) < 4.78 is 5.70. The molecule has 0 bridgehead atoms. The van der Waals surface area contributed by atoms with Crippen molar-refractivity contribution in [2.24, 2.45) is 0 Å². The minimum Gasteiger partial charge on any atom is -0.462 e. The van der Waals surface area contributed by atoms with E-state index < -0.39 is 0 Å². The van der Waals surface area contributed by atoms with Crippen molar-refractivity contribution < 1.29 is 9.53 Å². The maximum atomic E-state index is 11.9. The Labute approximate surface area is 138 Å². The number of cyclic esters (lactones) is 1. The summed E-state index contributed by atoms with van der Waals surface area (Å²) in [6, 6.07) is 0. The van der Waals surface area contributed by atoms with Crippen LogP contribution in [-0.4, -0.2) is 12.1 Å². The SMILES string of the molecule is CCCC1CCCCCCCCCCCCCCCC(=O)O1. The van der Waals surface area contributed by atoms with Gasteiger partial charge >= 0.3 is 5.97 Å². The van der Waals surface area contributed by atoms with Gasteiger partial charge in [0.1, 0.15) is 6.10 Å². The van der Waals surface area contributed by atoms with Gasteiger partial charge in [-0.3, -0.25) is 4.79 Å². The molecule has 1 heterocycles. The fourth-order valence-electron chi connectivity index (χ4n) is 3.41. The summed E-state index contributed by atoms with van der Waals surface area (Å²) >= 11 is 0. The molecule has 1 unspecified atom stereocenters. The molecule has 0 aromatic heterocycles. The summed E-state index contributed by atoms with van der Waals surface area (Å²) in [7, 11) is 0. The maximum absolute atomic E-state index is 11.9. The lowest BCUT2D eigenvalue weighted by Crippen LogP contribution is -2.18. The molecule has 0 amide bonds. The van der Waals surface area contributed by atoms with Gasteiger partial charge in [-0.25, -0.2) is 0 Å². The maximum Gasteiger partial charge on any atom is 0.306 e. The number of hydrogen-bond acceptors (Lipinski definition) is 2. The fraction of sp³-hybridized carbons (Fsp3) is 0.950. The highest BCUT2D eigenvalue weighted by molar-refractivity contribution is 5.69. The second kappa shape index (κ2) is 14.1. The molecule has 2 heteroatoms. The number of ether oxygens (including phenoxy) is 1. The van der Waals surface area contributed by atoms with Gasteiger partial charge in [-0.05, 0) is 25.7 Å². The first kappa shape index (κ1) is 19.5. The largest absolute Gasteiger partial charge is 0.462 e. The lowest BCUT2D eigenvalue weighted by molar-refractivity contribution is -0.150.